The van der Waals surface area contributed by atoms with Crippen LogP contribution in [0.2, 0.25) is 5.02 Å². The Bertz CT molecular complexity index is 624. The quantitative estimate of drug-likeness (QED) is 0.717. The first kappa shape index (κ1) is 13.8. The molecular weight excluding hydrogens is 344 g/mol. The molecule has 0 saturated heterocycles. The van der Waals surface area contributed by atoms with Crippen LogP contribution in [0.25, 0.3) is 0 Å². The van der Waals surface area contributed by atoms with Gasteiger partial charge in [0, 0.05) is 23.1 Å². The van der Waals surface area contributed by atoms with Gasteiger partial charge in [-0.25, -0.2) is 0 Å². The van der Waals surface area contributed by atoms with Gasteiger partial charge < -0.3 is 13.9 Å². The van der Waals surface area contributed by atoms with Crippen LogP contribution in [0.3, 0.4) is 0 Å². The van der Waals surface area contributed by atoms with Crippen LogP contribution in [0.5, 0.6) is 11.5 Å². The van der Waals surface area contributed by atoms with Crippen LogP contribution in [-0.2, 0) is 0 Å². The van der Waals surface area contributed by atoms with Crippen molar-refractivity contribution < 1.29 is 13.9 Å². The Morgan fingerprint density at radius 1 is 1.15 bits per heavy atom. The third-order valence-corrected chi connectivity index (χ3v) is 4.53. The summed E-state index contributed by atoms with van der Waals surface area (Å²) in [6, 6.07) is 5.74. The fraction of sp³-hybridized carbons (Fsp3) is 0.333. The molecule has 0 aliphatic carbocycles. The van der Waals surface area contributed by atoms with Gasteiger partial charge in [0.1, 0.15) is 5.76 Å². The maximum atomic E-state index is 6.37. The normalized spacial score (nSPS) is 15.8. The Balaban J connectivity index is 1.99. The van der Waals surface area contributed by atoms with Gasteiger partial charge in [-0.3, -0.25) is 0 Å². The van der Waals surface area contributed by atoms with Gasteiger partial charge in [-0.2, -0.15) is 0 Å². The van der Waals surface area contributed by atoms with Gasteiger partial charge in [-0.15, -0.1) is 0 Å². The molecule has 0 fully saturated rings. The zero-order valence-electron chi connectivity index (χ0n) is 11.0. The van der Waals surface area contributed by atoms with E-state index in [1.165, 1.54) is 0 Å². The van der Waals surface area contributed by atoms with E-state index >= 15 is 0 Å². The van der Waals surface area contributed by atoms with Gasteiger partial charge in [-0.05, 0) is 24.6 Å². The van der Waals surface area contributed by atoms with Crippen LogP contribution < -0.4 is 9.47 Å². The van der Waals surface area contributed by atoms with Crippen LogP contribution in [0, 0.1) is 6.92 Å². The number of fused-ring (bicyclic) bond motifs is 1. The first-order valence-corrected chi connectivity index (χ1v) is 7.72. The second-order valence-corrected chi connectivity index (χ2v) is 6.05. The number of furan rings is 1. The van der Waals surface area contributed by atoms with Crippen molar-refractivity contribution in [2.75, 3.05) is 13.2 Å². The van der Waals surface area contributed by atoms with Crippen LogP contribution in [0.1, 0.15) is 28.1 Å². The number of ether oxygens (including phenoxy) is 2. The Morgan fingerprint density at radius 3 is 2.50 bits per heavy atom. The fourth-order valence-electron chi connectivity index (χ4n) is 2.17. The summed E-state index contributed by atoms with van der Waals surface area (Å²) >= 11 is 10.0. The van der Waals surface area contributed by atoms with E-state index in [1.54, 1.807) is 6.26 Å². The summed E-state index contributed by atoms with van der Waals surface area (Å²) in [4.78, 5) is -0.0374. The monoisotopic (exact) mass is 356 g/mol. The molecule has 1 aliphatic heterocycles. The number of benzene rings is 1. The number of hydrogen-bond donors (Lipinski definition) is 0. The number of hydrogen-bond acceptors (Lipinski definition) is 3. The molecule has 1 atom stereocenters. The summed E-state index contributed by atoms with van der Waals surface area (Å²) in [5.74, 6) is 2.32. The van der Waals surface area contributed by atoms with Gasteiger partial charge in [0.2, 0.25) is 0 Å². The predicted molar refractivity (Wildman–Crippen MR) is 81.3 cm³/mol. The molecule has 106 valence electrons. The highest BCUT2D eigenvalue weighted by atomic mass is 79.9. The summed E-state index contributed by atoms with van der Waals surface area (Å²) in [5, 5.41) is 0.648. The summed E-state index contributed by atoms with van der Waals surface area (Å²) in [6.07, 6.45) is 2.61. The first-order chi connectivity index (χ1) is 9.65. The average Bonchev–Trinajstić information content (AvgIpc) is 2.73. The Kier molecular flexibility index (Phi) is 3.94. The first-order valence-electron chi connectivity index (χ1n) is 6.43. The van der Waals surface area contributed by atoms with E-state index in [1.807, 2.05) is 25.1 Å². The van der Waals surface area contributed by atoms with Crippen molar-refractivity contribution >= 4 is 27.5 Å². The van der Waals surface area contributed by atoms with E-state index in [9.17, 15) is 0 Å². The van der Waals surface area contributed by atoms with Crippen molar-refractivity contribution in [3.63, 3.8) is 0 Å². The minimum absolute atomic E-state index is 0.0374. The molecular formula is C15H14BrClO3. The van der Waals surface area contributed by atoms with Crippen molar-refractivity contribution in [3.8, 4) is 11.5 Å². The lowest BCUT2D eigenvalue weighted by Crippen LogP contribution is -1.97. The van der Waals surface area contributed by atoms with E-state index < -0.39 is 0 Å². The zero-order chi connectivity index (χ0) is 14.1. The van der Waals surface area contributed by atoms with Crippen LogP contribution >= 0.6 is 27.5 Å². The van der Waals surface area contributed by atoms with Gasteiger partial charge in [-0.1, -0.05) is 27.5 Å². The predicted octanol–water partition coefficient (Wildman–Crippen LogP) is 4.89. The molecule has 0 saturated carbocycles. The lowest BCUT2D eigenvalue weighted by Gasteiger charge is -2.14. The van der Waals surface area contributed by atoms with Gasteiger partial charge in [0.15, 0.2) is 11.5 Å². The number of rotatable bonds is 2. The SMILES string of the molecule is Cc1cc(C(Br)c2cc3c(cc2Cl)OCCCO3)co1. The number of aryl methyl sites for hydroxylation is 1. The fourth-order valence-corrected chi connectivity index (χ4v) is 3.18. The molecule has 0 amide bonds. The highest BCUT2D eigenvalue weighted by Gasteiger charge is 2.20. The molecule has 3 rings (SSSR count). The molecule has 5 heteroatoms. The van der Waals surface area contributed by atoms with Gasteiger partial charge >= 0.3 is 0 Å². The molecule has 0 radical (unpaired) electrons. The second-order valence-electron chi connectivity index (χ2n) is 4.72. The van der Waals surface area contributed by atoms with Crippen LogP contribution in [-0.4, -0.2) is 13.2 Å². The standard InChI is InChI=1S/C15H14BrClO3/c1-9-5-10(8-20-9)15(16)11-6-13-14(7-12(11)17)19-4-2-3-18-13/h5-8,15H,2-4H2,1H3. The molecule has 0 spiro atoms. The molecule has 1 unspecified atom stereocenters. The molecule has 20 heavy (non-hydrogen) atoms. The van der Waals surface area contributed by atoms with E-state index in [0.29, 0.717) is 24.0 Å². The molecule has 3 nitrogen and oxygen atoms in total. The van der Waals surface area contributed by atoms with Crippen molar-refractivity contribution in [3.05, 3.63) is 46.4 Å². The minimum atomic E-state index is -0.0374. The largest absolute Gasteiger partial charge is 0.490 e. The van der Waals surface area contributed by atoms with Gasteiger partial charge in [0.25, 0.3) is 0 Å². The van der Waals surface area contributed by atoms with Crippen LogP contribution in [0.15, 0.2) is 28.9 Å². The van der Waals surface area contributed by atoms with Crippen molar-refractivity contribution in [2.24, 2.45) is 0 Å². The van der Waals surface area contributed by atoms with Crippen molar-refractivity contribution in [1.29, 1.82) is 0 Å². The summed E-state index contributed by atoms with van der Waals surface area (Å²) < 4.78 is 16.7. The Labute approximate surface area is 130 Å². The van der Waals surface area contributed by atoms with E-state index in [-0.39, 0.29) is 4.83 Å². The topological polar surface area (TPSA) is 31.6 Å². The van der Waals surface area contributed by atoms with E-state index in [4.69, 9.17) is 25.5 Å². The minimum Gasteiger partial charge on any atom is -0.490 e. The summed E-state index contributed by atoms with van der Waals surface area (Å²) in [7, 11) is 0. The molecule has 2 heterocycles. The third-order valence-electron chi connectivity index (χ3n) is 3.18. The maximum absolute atomic E-state index is 6.37. The zero-order valence-corrected chi connectivity index (χ0v) is 13.3. The second kappa shape index (κ2) is 5.70. The highest BCUT2D eigenvalue weighted by Crippen LogP contribution is 2.42. The van der Waals surface area contributed by atoms with Crippen molar-refractivity contribution in [2.45, 2.75) is 18.2 Å². The average molecular weight is 358 g/mol. The molecule has 0 N–H and O–H groups in total. The Hall–Kier alpha value is -1.13. The van der Waals surface area contributed by atoms with Crippen molar-refractivity contribution in [1.82, 2.24) is 0 Å². The molecule has 1 aliphatic rings. The van der Waals surface area contributed by atoms with E-state index in [2.05, 4.69) is 15.9 Å². The highest BCUT2D eigenvalue weighted by molar-refractivity contribution is 9.09. The third kappa shape index (κ3) is 2.67. The lowest BCUT2D eigenvalue weighted by molar-refractivity contribution is 0.297. The smallest absolute Gasteiger partial charge is 0.162 e. The molecule has 0 bridgehead atoms. The number of halogens is 2. The van der Waals surface area contributed by atoms with E-state index in [0.717, 1.165) is 29.1 Å². The molecule has 1 aromatic carbocycles. The molecule has 2 aromatic rings. The maximum Gasteiger partial charge on any atom is 0.162 e. The summed E-state index contributed by atoms with van der Waals surface area (Å²) in [5.41, 5.74) is 1.97. The lowest BCUT2D eigenvalue weighted by atomic mass is 10.1. The van der Waals surface area contributed by atoms with Gasteiger partial charge in [0.05, 0.1) is 24.3 Å². The molecule has 1 aromatic heterocycles. The van der Waals surface area contributed by atoms with Crippen LogP contribution in [0.4, 0.5) is 0 Å². The number of alkyl halides is 1. The Morgan fingerprint density at radius 2 is 1.85 bits per heavy atom. The summed E-state index contributed by atoms with van der Waals surface area (Å²) in [6.45, 7) is 3.23.